The summed E-state index contributed by atoms with van der Waals surface area (Å²) in [4.78, 5) is 26.6. The van der Waals surface area contributed by atoms with E-state index in [1.165, 1.54) is 30.2 Å². The summed E-state index contributed by atoms with van der Waals surface area (Å²) in [5, 5.41) is 19.2. The molecule has 1 aliphatic carbocycles. The molecule has 5 rings (SSSR count). The second kappa shape index (κ2) is 11.7. The SMILES string of the molecule is COC(=O)CSc1nnc(N2C(N)=C(C#N)C(c3cccc(OCc4ccccc4)c3)C3=C2CCCC3=O)s1. The first-order valence-electron chi connectivity index (χ1n) is 12.3. The summed E-state index contributed by atoms with van der Waals surface area (Å²) in [7, 11) is 1.33. The maximum absolute atomic E-state index is 13.4. The zero-order valence-corrected chi connectivity index (χ0v) is 22.8. The van der Waals surface area contributed by atoms with Crippen LogP contribution in [0.15, 0.2) is 81.6 Å². The van der Waals surface area contributed by atoms with Gasteiger partial charge >= 0.3 is 5.97 Å². The molecule has 0 saturated heterocycles. The average molecular weight is 560 g/mol. The van der Waals surface area contributed by atoms with Crippen LogP contribution < -0.4 is 15.4 Å². The lowest BCUT2D eigenvalue weighted by atomic mass is 9.76. The van der Waals surface area contributed by atoms with Crippen LogP contribution in [0.3, 0.4) is 0 Å². The quantitative estimate of drug-likeness (QED) is 0.306. The van der Waals surface area contributed by atoms with Crippen LogP contribution in [0.4, 0.5) is 5.13 Å². The van der Waals surface area contributed by atoms with Crippen molar-refractivity contribution in [1.82, 2.24) is 10.2 Å². The summed E-state index contributed by atoms with van der Waals surface area (Å²) in [6.07, 6.45) is 1.66. The number of anilines is 1. The van der Waals surface area contributed by atoms with E-state index >= 15 is 0 Å². The van der Waals surface area contributed by atoms with Crippen molar-refractivity contribution in [3.8, 4) is 11.8 Å². The maximum atomic E-state index is 13.4. The van der Waals surface area contributed by atoms with Crippen LogP contribution in [0.5, 0.6) is 5.75 Å². The molecule has 0 amide bonds. The third-order valence-electron chi connectivity index (χ3n) is 6.48. The highest BCUT2D eigenvalue weighted by Crippen LogP contribution is 2.47. The zero-order chi connectivity index (χ0) is 27.4. The Balaban J connectivity index is 1.50. The van der Waals surface area contributed by atoms with Crippen LogP contribution in [-0.4, -0.2) is 34.8 Å². The molecule has 9 nitrogen and oxygen atoms in total. The van der Waals surface area contributed by atoms with Gasteiger partial charge in [-0.15, -0.1) is 10.2 Å². The number of allylic oxidation sites excluding steroid dienone is 3. The third-order valence-corrected chi connectivity index (χ3v) is 8.50. The fourth-order valence-electron chi connectivity index (χ4n) is 4.69. The predicted molar refractivity (Wildman–Crippen MR) is 148 cm³/mol. The maximum Gasteiger partial charge on any atom is 0.316 e. The Morgan fingerprint density at radius 2 is 2.03 bits per heavy atom. The molecule has 39 heavy (non-hydrogen) atoms. The summed E-state index contributed by atoms with van der Waals surface area (Å²) >= 11 is 2.44. The fraction of sp³-hybridized carbons (Fsp3) is 0.250. The number of rotatable bonds is 8. The Hall–Kier alpha value is -4.14. The molecular weight excluding hydrogens is 534 g/mol. The number of carbonyl (C=O) groups excluding carboxylic acids is 2. The number of nitrogens with two attached hydrogens (primary N) is 1. The number of esters is 1. The average Bonchev–Trinajstić information content (AvgIpc) is 3.43. The van der Waals surface area contributed by atoms with Gasteiger partial charge in [-0.05, 0) is 36.1 Å². The van der Waals surface area contributed by atoms with E-state index in [9.17, 15) is 14.9 Å². The molecule has 1 aliphatic heterocycles. The summed E-state index contributed by atoms with van der Waals surface area (Å²) in [5.74, 6) is -0.0653. The van der Waals surface area contributed by atoms with Gasteiger partial charge in [-0.1, -0.05) is 65.6 Å². The Kier molecular flexibility index (Phi) is 7.95. The zero-order valence-electron chi connectivity index (χ0n) is 21.1. The van der Waals surface area contributed by atoms with Crippen molar-refractivity contribution in [3.63, 3.8) is 0 Å². The van der Waals surface area contributed by atoms with Gasteiger partial charge in [0.05, 0.1) is 30.4 Å². The lowest BCUT2D eigenvalue weighted by Gasteiger charge is -2.38. The predicted octanol–water partition coefficient (Wildman–Crippen LogP) is 4.69. The number of nitrogens with zero attached hydrogens (tertiary/aromatic N) is 4. The molecule has 11 heteroatoms. The van der Waals surface area contributed by atoms with E-state index in [1.807, 2.05) is 54.6 Å². The van der Waals surface area contributed by atoms with E-state index in [4.69, 9.17) is 15.2 Å². The molecule has 0 bridgehead atoms. The number of Topliss-reactive ketones (excluding diaryl/α,β-unsaturated/α-hetero) is 1. The number of hydrogen-bond acceptors (Lipinski definition) is 11. The fourth-order valence-corrected chi connectivity index (χ4v) is 6.41. The van der Waals surface area contributed by atoms with Crippen LogP contribution in [0.2, 0.25) is 0 Å². The summed E-state index contributed by atoms with van der Waals surface area (Å²) in [6.45, 7) is 0.395. The summed E-state index contributed by atoms with van der Waals surface area (Å²) in [6, 6.07) is 19.6. The lowest BCUT2D eigenvalue weighted by Crippen LogP contribution is -2.38. The van der Waals surface area contributed by atoms with Gasteiger partial charge in [0.15, 0.2) is 10.1 Å². The van der Waals surface area contributed by atoms with Crippen LogP contribution >= 0.6 is 23.1 Å². The minimum atomic E-state index is -0.615. The number of ether oxygens (including phenoxy) is 2. The van der Waals surface area contributed by atoms with Crippen molar-refractivity contribution in [3.05, 3.63) is 88.4 Å². The number of carbonyl (C=O) groups is 2. The Labute approximate surface area is 233 Å². The van der Waals surface area contributed by atoms with Crippen LogP contribution in [-0.2, 0) is 20.9 Å². The molecule has 2 N–H and O–H groups in total. The Morgan fingerprint density at radius 1 is 1.21 bits per heavy atom. The van der Waals surface area contributed by atoms with Gasteiger partial charge in [0.25, 0.3) is 0 Å². The third kappa shape index (κ3) is 5.53. The van der Waals surface area contributed by atoms with E-state index < -0.39 is 5.92 Å². The highest BCUT2D eigenvalue weighted by atomic mass is 32.2. The van der Waals surface area contributed by atoms with Gasteiger partial charge in [0, 0.05) is 17.7 Å². The molecule has 0 fully saturated rings. The summed E-state index contributed by atoms with van der Waals surface area (Å²) < 4.78 is 11.3. The molecule has 1 unspecified atom stereocenters. The first-order valence-corrected chi connectivity index (χ1v) is 14.1. The van der Waals surface area contributed by atoms with Gasteiger partial charge in [-0.3, -0.25) is 14.5 Å². The highest BCUT2D eigenvalue weighted by molar-refractivity contribution is 8.01. The number of thioether (sulfide) groups is 1. The molecule has 2 aliphatic rings. The molecule has 1 aromatic heterocycles. The topological polar surface area (TPSA) is 131 Å². The number of benzene rings is 2. The van der Waals surface area contributed by atoms with E-state index in [2.05, 4.69) is 16.3 Å². The molecule has 2 heterocycles. The van der Waals surface area contributed by atoms with E-state index in [-0.39, 0.29) is 28.9 Å². The monoisotopic (exact) mass is 559 g/mol. The number of ketones is 1. The number of methoxy groups -OCH3 is 1. The Morgan fingerprint density at radius 3 is 2.79 bits per heavy atom. The minimum Gasteiger partial charge on any atom is -0.489 e. The van der Waals surface area contributed by atoms with Crippen molar-refractivity contribution >= 4 is 40.0 Å². The number of nitriles is 1. The smallest absolute Gasteiger partial charge is 0.316 e. The number of hydrogen-bond donors (Lipinski definition) is 1. The van der Waals surface area contributed by atoms with Crippen LogP contribution in [0.25, 0.3) is 0 Å². The van der Waals surface area contributed by atoms with Crippen molar-refractivity contribution in [2.45, 2.75) is 36.1 Å². The second-order valence-corrected chi connectivity index (χ2v) is 11.1. The van der Waals surface area contributed by atoms with Crippen LogP contribution in [0.1, 0.15) is 36.3 Å². The molecule has 0 saturated carbocycles. The molecule has 1 atom stereocenters. The van der Waals surface area contributed by atoms with E-state index in [0.29, 0.717) is 46.7 Å². The minimum absolute atomic E-state index is 0.0214. The van der Waals surface area contributed by atoms with Crippen molar-refractivity contribution in [2.75, 3.05) is 17.8 Å². The van der Waals surface area contributed by atoms with E-state index in [0.717, 1.165) is 16.8 Å². The van der Waals surface area contributed by atoms with Crippen molar-refractivity contribution < 1.29 is 19.1 Å². The second-order valence-electron chi connectivity index (χ2n) is 8.88. The molecule has 2 aromatic carbocycles. The van der Waals surface area contributed by atoms with Gasteiger partial charge in [0.1, 0.15) is 18.2 Å². The molecular formula is C28H25N5O4S2. The molecule has 0 radical (unpaired) electrons. The molecule has 198 valence electrons. The normalized spacial score (nSPS) is 17.1. The number of aromatic nitrogens is 2. The first kappa shape index (κ1) is 26.5. The first-order chi connectivity index (χ1) is 19.0. The van der Waals surface area contributed by atoms with Crippen molar-refractivity contribution in [1.29, 1.82) is 5.26 Å². The van der Waals surface area contributed by atoms with Gasteiger partial charge in [-0.2, -0.15) is 5.26 Å². The van der Waals surface area contributed by atoms with Crippen molar-refractivity contribution in [2.24, 2.45) is 5.73 Å². The Bertz CT molecular complexity index is 1510. The molecule has 3 aromatic rings. The van der Waals surface area contributed by atoms with E-state index in [1.54, 1.807) is 4.90 Å². The van der Waals surface area contributed by atoms with Crippen LogP contribution in [0, 0.1) is 11.3 Å². The molecule has 0 spiro atoms. The van der Waals surface area contributed by atoms with Gasteiger partial charge in [0.2, 0.25) is 5.13 Å². The standard InChI is InChI=1S/C28H25N5O4S2/c1-36-23(35)16-38-28-32-31-27(39-28)33-21-11-6-12-22(34)25(21)24(20(14-29)26(33)30)18-9-5-10-19(13-18)37-15-17-7-3-2-4-8-17/h2-5,7-10,13,24H,6,11-12,15-16,30H2,1H3. The summed E-state index contributed by atoms with van der Waals surface area (Å²) in [5.41, 5.74) is 9.97. The largest absolute Gasteiger partial charge is 0.489 e. The highest BCUT2D eigenvalue weighted by Gasteiger charge is 2.41. The lowest BCUT2D eigenvalue weighted by molar-refractivity contribution is -0.137. The van der Waals surface area contributed by atoms with Gasteiger partial charge < -0.3 is 15.2 Å². The van der Waals surface area contributed by atoms with Gasteiger partial charge in [-0.25, -0.2) is 0 Å².